The standard InChI is InChI=1S/C84H48.C6H3Cl3/c1-7-19-73-67(13-1)61-31-25-49-37-55(61)43-79(73)80-44-56-39-51(27-33-62(56)68-14-2-8-20-74(68)80)52-28-34-64-58(40-52)46-83(77-23-11-5-16-70(64)77)84-48-60-42-54(30-36-66(60)72-18-6-12-24-78(72)84)53-29-35-65-59(41-53)47-82(76-22-10-4-17-71(65)76)81-45-57-38-50(49)26-32-63(57)69-15-3-9-21-75(69)81;7-4-1-2-5(8)6(9)3-4/h1-48H;1-3H. The molecule has 0 amide bonds. The summed E-state index contributed by atoms with van der Waals surface area (Å²) < 4.78 is 0. The summed E-state index contributed by atoms with van der Waals surface area (Å²) in [5.74, 6) is 0. The van der Waals surface area contributed by atoms with Gasteiger partial charge in [-0.2, -0.15) is 0 Å². The van der Waals surface area contributed by atoms with Gasteiger partial charge in [-0.25, -0.2) is 0 Å². The summed E-state index contributed by atoms with van der Waals surface area (Å²) in [7, 11) is 0. The summed E-state index contributed by atoms with van der Waals surface area (Å²) in [6, 6.07) is 116. The highest BCUT2D eigenvalue weighted by atomic mass is 35.5. The van der Waals surface area contributed by atoms with Crippen molar-refractivity contribution in [2.24, 2.45) is 0 Å². The zero-order chi connectivity index (χ0) is 61.6. The Morgan fingerprint density at radius 1 is 0.118 bits per heavy atom. The molecule has 0 fully saturated rings. The molecule has 0 nitrogen and oxygen atoms in total. The second-order valence-electron chi connectivity index (χ2n) is 25.0. The van der Waals surface area contributed by atoms with Gasteiger partial charge in [0.05, 0.1) is 10.0 Å². The molecule has 432 valence electrons. The third kappa shape index (κ3) is 8.68. The maximum absolute atomic E-state index is 5.60. The van der Waals surface area contributed by atoms with Crippen LogP contribution in [-0.4, -0.2) is 0 Å². The molecule has 0 unspecified atom stereocenters. The zero-order valence-corrected chi connectivity index (χ0v) is 52.3. The molecule has 0 atom stereocenters. The number of benzene rings is 19. The van der Waals surface area contributed by atoms with E-state index in [2.05, 4.69) is 291 Å². The minimum atomic E-state index is 0.490. The molecule has 0 spiro atoms. The first-order valence-electron chi connectivity index (χ1n) is 31.7. The average molecular weight is 1240 g/mol. The molecule has 3 heteroatoms. The lowest BCUT2D eigenvalue weighted by Gasteiger charge is -2.13. The van der Waals surface area contributed by atoms with Gasteiger partial charge in [0.15, 0.2) is 0 Å². The number of hydrogen-bond acceptors (Lipinski definition) is 0. The van der Waals surface area contributed by atoms with E-state index in [0.29, 0.717) is 15.1 Å². The first kappa shape index (κ1) is 54.0. The molecule has 0 aromatic heterocycles. The summed E-state index contributed by atoms with van der Waals surface area (Å²) in [5.41, 5.74) is 0. The van der Waals surface area contributed by atoms with Crippen LogP contribution in [-0.2, 0) is 0 Å². The molecule has 0 heterocycles. The minimum absolute atomic E-state index is 0.490. The summed E-state index contributed by atoms with van der Waals surface area (Å²) in [6.45, 7) is 0. The number of hydrogen-bond donors (Lipinski definition) is 0. The maximum Gasteiger partial charge on any atom is 0.0607 e. The molecular formula is C90H51Cl3. The summed E-state index contributed by atoms with van der Waals surface area (Å²) in [4.78, 5) is 0. The van der Waals surface area contributed by atoms with Gasteiger partial charge >= 0.3 is 0 Å². The first-order chi connectivity index (χ1) is 45.8. The van der Waals surface area contributed by atoms with E-state index in [4.69, 9.17) is 34.8 Å². The van der Waals surface area contributed by atoms with Crippen LogP contribution in [0.5, 0.6) is 0 Å². The lowest BCUT2D eigenvalue weighted by molar-refractivity contribution is 1.70. The predicted octanol–water partition coefficient (Wildman–Crippen LogP) is 27.8. The van der Waals surface area contributed by atoms with Gasteiger partial charge in [0, 0.05) is 5.02 Å². The van der Waals surface area contributed by atoms with Crippen molar-refractivity contribution >= 4 is 229 Å². The van der Waals surface area contributed by atoms with Gasteiger partial charge in [-0.3, -0.25) is 0 Å². The van der Waals surface area contributed by atoms with Crippen LogP contribution in [0.2, 0.25) is 15.1 Å². The minimum Gasteiger partial charge on any atom is -0.0843 e. The van der Waals surface area contributed by atoms with Gasteiger partial charge < -0.3 is 0 Å². The highest BCUT2D eigenvalue weighted by Crippen LogP contribution is 2.44. The lowest BCUT2D eigenvalue weighted by Crippen LogP contribution is -1.85. The highest BCUT2D eigenvalue weighted by molar-refractivity contribution is 6.43. The van der Waals surface area contributed by atoms with Crippen LogP contribution in [0.25, 0.3) is 194 Å². The van der Waals surface area contributed by atoms with Crippen LogP contribution in [0.4, 0.5) is 0 Å². The second-order valence-corrected chi connectivity index (χ2v) is 26.2. The largest absolute Gasteiger partial charge is 0.0843 e. The predicted molar refractivity (Wildman–Crippen MR) is 409 cm³/mol. The van der Waals surface area contributed by atoms with Crippen molar-refractivity contribution in [1.29, 1.82) is 0 Å². The van der Waals surface area contributed by atoms with Gasteiger partial charge in [-0.1, -0.05) is 253 Å². The van der Waals surface area contributed by atoms with Crippen molar-refractivity contribution in [3.63, 3.8) is 0 Å². The first-order valence-corrected chi connectivity index (χ1v) is 32.8. The van der Waals surface area contributed by atoms with Crippen molar-refractivity contribution < 1.29 is 0 Å². The van der Waals surface area contributed by atoms with Crippen LogP contribution >= 0.6 is 34.8 Å². The Balaban J connectivity index is 0.000000635. The molecule has 0 saturated heterocycles. The molecule has 20 aromatic rings. The summed E-state index contributed by atoms with van der Waals surface area (Å²) in [6.07, 6.45) is 0. The topological polar surface area (TPSA) is 0 Å². The molecule has 0 saturated carbocycles. The molecule has 93 heavy (non-hydrogen) atoms. The Bertz CT molecular complexity index is 5840. The van der Waals surface area contributed by atoms with E-state index >= 15 is 0 Å². The van der Waals surface area contributed by atoms with E-state index in [0.717, 1.165) is 0 Å². The van der Waals surface area contributed by atoms with Crippen LogP contribution in [0.15, 0.2) is 309 Å². The van der Waals surface area contributed by atoms with Crippen LogP contribution in [0.3, 0.4) is 0 Å². The fourth-order valence-electron chi connectivity index (χ4n) is 15.6. The number of rotatable bonds is 0. The lowest BCUT2D eigenvalue weighted by atomic mass is 9.91. The Kier molecular flexibility index (Phi) is 12.3. The summed E-state index contributed by atoms with van der Waals surface area (Å²) >= 11 is 16.8. The van der Waals surface area contributed by atoms with E-state index < -0.39 is 0 Å². The highest BCUT2D eigenvalue weighted by Gasteiger charge is 2.16. The molecule has 0 aliphatic rings. The molecular weight excluding hydrogens is 1190 g/mol. The molecule has 20 rings (SSSR count). The van der Waals surface area contributed by atoms with Gasteiger partial charge in [0.25, 0.3) is 0 Å². The fraction of sp³-hybridized carbons (Fsp3) is 0. The van der Waals surface area contributed by atoms with Crippen molar-refractivity contribution in [2.75, 3.05) is 0 Å². The van der Waals surface area contributed by atoms with Crippen molar-refractivity contribution in [3.8, 4) is 0 Å². The Morgan fingerprint density at radius 2 is 0.301 bits per heavy atom. The van der Waals surface area contributed by atoms with Gasteiger partial charge in [-0.05, 0) is 285 Å². The van der Waals surface area contributed by atoms with E-state index in [1.807, 2.05) is 0 Å². The Labute approximate surface area is 549 Å². The average Bonchev–Trinajstić information content (AvgIpc) is 0.788. The van der Waals surface area contributed by atoms with E-state index in [-0.39, 0.29) is 0 Å². The van der Waals surface area contributed by atoms with Gasteiger partial charge in [-0.15, -0.1) is 0 Å². The van der Waals surface area contributed by atoms with Crippen molar-refractivity contribution in [1.82, 2.24) is 0 Å². The van der Waals surface area contributed by atoms with Crippen molar-refractivity contribution in [3.05, 3.63) is 324 Å². The third-order valence-electron chi connectivity index (χ3n) is 19.9. The molecule has 0 aliphatic carbocycles. The van der Waals surface area contributed by atoms with E-state index in [9.17, 15) is 0 Å². The molecule has 0 N–H and O–H groups in total. The molecule has 0 radical (unpaired) electrons. The van der Waals surface area contributed by atoms with Crippen molar-refractivity contribution in [2.45, 2.75) is 0 Å². The Morgan fingerprint density at radius 3 is 0.473 bits per heavy atom. The quantitative estimate of drug-likeness (QED) is 0.105. The smallest absolute Gasteiger partial charge is 0.0607 e. The van der Waals surface area contributed by atoms with Crippen LogP contribution in [0, 0.1) is 0 Å². The maximum atomic E-state index is 5.60. The number of halogens is 3. The normalized spacial score (nSPS) is 12.0. The Hall–Kier alpha value is -10.8. The van der Waals surface area contributed by atoms with Gasteiger partial charge in [0.1, 0.15) is 0 Å². The van der Waals surface area contributed by atoms with Crippen LogP contribution in [0.1, 0.15) is 0 Å². The SMILES string of the molecule is Clc1ccc(Cl)c(Cl)c1.c1ccc2c(c1)c1ccc3cc1cc2c1cc2cc(ccc2c2ccccc21)c1ccc2c(c1)cc(c1ccccc21)c1cc2cc(ccc2c2ccccc21)c1ccc2c(c1)cc(c1ccccc21)c1cc2cc3ccc2c2ccccc21. The second kappa shape index (κ2) is 21.1. The fourth-order valence-corrected chi connectivity index (χ4v) is 16.1. The van der Waals surface area contributed by atoms with E-state index in [1.165, 1.54) is 194 Å². The molecule has 0 aliphatic heterocycles. The third-order valence-corrected chi connectivity index (χ3v) is 20.9. The zero-order valence-electron chi connectivity index (χ0n) is 50.1. The monoisotopic (exact) mass is 1240 g/mol. The molecule has 18 bridgehead atoms. The van der Waals surface area contributed by atoms with E-state index in [1.54, 1.807) is 18.2 Å². The summed E-state index contributed by atoms with van der Waals surface area (Å²) in [5, 5.41) is 46.2. The molecule has 20 aromatic carbocycles. The van der Waals surface area contributed by atoms with Gasteiger partial charge in [0.2, 0.25) is 0 Å². The number of fused-ring (bicyclic) bond motifs is 36. The van der Waals surface area contributed by atoms with Crippen LogP contribution < -0.4 is 0 Å².